The zero-order valence-corrected chi connectivity index (χ0v) is 34.8. The van der Waals surface area contributed by atoms with Crippen molar-refractivity contribution in [1.82, 2.24) is 36.0 Å². The number of aliphatic hydroxyl groups excluding tert-OH is 2. The second kappa shape index (κ2) is 23.9. The number of carboxylic acids is 2. The minimum absolute atomic E-state index is 0.122. The van der Waals surface area contributed by atoms with Crippen LogP contribution in [-0.4, -0.2) is 182 Å². The van der Waals surface area contributed by atoms with Gasteiger partial charge in [0.2, 0.25) is 41.4 Å². The Kier molecular flexibility index (Phi) is 19.7. The Morgan fingerprint density at radius 3 is 1.69 bits per heavy atom. The van der Waals surface area contributed by atoms with E-state index in [1.165, 1.54) is 18.7 Å². The van der Waals surface area contributed by atoms with Crippen LogP contribution in [0.3, 0.4) is 0 Å². The third-order valence-corrected chi connectivity index (χ3v) is 11.2. The zero-order valence-electron chi connectivity index (χ0n) is 34.8. The van der Waals surface area contributed by atoms with Gasteiger partial charge in [0.1, 0.15) is 42.3 Å². The van der Waals surface area contributed by atoms with E-state index >= 15 is 0 Å². The molecule has 0 aliphatic carbocycles. The maximum atomic E-state index is 14.0. The molecule has 23 nitrogen and oxygen atoms in total. The molecule has 0 bridgehead atoms. The highest BCUT2D eigenvalue weighted by molar-refractivity contribution is 5.98. The van der Waals surface area contributed by atoms with E-state index in [9.17, 15) is 63.6 Å². The van der Waals surface area contributed by atoms with Crippen LogP contribution in [0, 0.1) is 0 Å². The van der Waals surface area contributed by atoms with Crippen molar-refractivity contribution in [3.63, 3.8) is 0 Å². The Bertz CT molecular complexity index is 1600. The van der Waals surface area contributed by atoms with Crippen molar-refractivity contribution in [2.24, 2.45) is 17.2 Å². The number of carbonyl (C=O) groups is 9. The molecule has 7 amide bonds. The predicted molar refractivity (Wildman–Crippen MR) is 214 cm³/mol. The van der Waals surface area contributed by atoms with E-state index in [1.807, 2.05) is 0 Å². The molecule has 23 heteroatoms. The molecule has 0 aromatic rings. The number of nitrogens with two attached hydrogens (primary N) is 3. The Labute approximate surface area is 353 Å². The highest BCUT2D eigenvalue weighted by atomic mass is 16.4. The minimum Gasteiger partial charge on any atom is -0.481 e. The lowest BCUT2D eigenvalue weighted by atomic mass is 10.1. The fraction of sp³-hybridized carbons (Fsp3) is 0.763. The van der Waals surface area contributed by atoms with Crippen LogP contribution >= 0.6 is 0 Å². The van der Waals surface area contributed by atoms with Crippen molar-refractivity contribution < 1.29 is 63.6 Å². The average molecular weight is 869 g/mol. The molecule has 344 valence electrons. The normalized spacial score (nSPS) is 23.7. The summed E-state index contributed by atoms with van der Waals surface area (Å²) in [7, 11) is 0. The van der Waals surface area contributed by atoms with Crippen LogP contribution in [0.2, 0.25) is 0 Å². The second-order valence-corrected chi connectivity index (χ2v) is 16.0. The maximum Gasteiger partial charge on any atom is 0.326 e. The minimum atomic E-state index is -1.55. The molecule has 0 aromatic carbocycles. The molecule has 3 saturated heterocycles. The molecular formula is C38H64N10O13. The van der Waals surface area contributed by atoms with E-state index < -0.39 is 127 Å². The van der Waals surface area contributed by atoms with Crippen molar-refractivity contribution in [1.29, 1.82) is 0 Å². The van der Waals surface area contributed by atoms with E-state index in [-0.39, 0.29) is 45.3 Å². The number of hydrogen-bond donors (Lipinski definition) is 11. The van der Waals surface area contributed by atoms with Crippen molar-refractivity contribution in [2.45, 2.75) is 151 Å². The van der Waals surface area contributed by atoms with Crippen molar-refractivity contribution in [3.05, 3.63) is 0 Å². The molecule has 3 aliphatic rings. The number of amides is 7. The number of aliphatic carboxylic acids is 2. The molecule has 3 fully saturated rings. The Hall–Kier alpha value is -4.97. The molecule has 0 unspecified atom stereocenters. The van der Waals surface area contributed by atoms with Crippen LogP contribution in [0.1, 0.15) is 90.9 Å². The largest absolute Gasteiger partial charge is 0.481 e. The van der Waals surface area contributed by atoms with E-state index in [0.29, 0.717) is 51.6 Å². The summed E-state index contributed by atoms with van der Waals surface area (Å²) >= 11 is 0. The number of rotatable bonds is 23. The van der Waals surface area contributed by atoms with Gasteiger partial charge in [0.05, 0.1) is 18.2 Å². The topological polar surface area (TPSA) is 370 Å². The monoisotopic (exact) mass is 868 g/mol. The van der Waals surface area contributed by atoms with Gasteiger partial charge in [-0.25, -0.2) is 4.79 Å². The predicted octanol–water partition coefficient (Wildman–Crippen LogP) is -4.59. The molecule has 0 radical (unpaired) electrons. The number of hydrogen-bond acceptors (Lipinski definition) is 14. The smallest absolute Gasteiger partial charge is 0.326 e. The summed E-state index contributed by atoms with van der Waals surface area (Å²) in [6.45, 7) is 3.05. The average Bonchev–Trinajstić information content (AvgIpc) is 3.96. The van der Waals surface area contributed by atoms with Gasteiger partial charge in [0.15, 0.2) is 0 Å². The quantitative estimate of drug-likeness (QED) is 0.0431. The molecule has 0 aromatic heterocycles. The first-order chi connectivity index (χ1) is 28.8. The van der Waals surface area contributed by atoms with Crippen LogP contribution in [0.4, 0.5) is 0 Å². The third-order valence-electron chi connectivity index (χ3n) is 11.2. The van der Waals surface area contributed by atoms with Gasteiger partial charge in [-0.05, 0) is 78.3 Å². The molecule has 14 N–H and O–H groups in total. The lowest BCUT2D eigenvalue weighted by Crippen LogP contribution is -2.59. The lowest BCUT2D eigenvalue weighted by molar-refractivity contribution is -0.145. The molecule has 3 heterocycles. The second-order valence-electron chi connectivity index (χ2n) is 16.0. The van der Waals surface area contributed by atoms with E-state index in [1.54, 1.807) is 0 Å². The number of likely N-dealkylation sites (tertiary alicyclic amines) is 3. The standard InChI is InChI=1S/C38H64N10O13/c1-20(42-33(55)28-16-22(49)18-47(28)36(58)24(41)8-3-5-13-39)31(53)44-25(11-12-30(51)52)37(59)48-19-23(50)17-29(48)34(56)43-21(2)35(57)46-15-7-10-27(46)32(54)45-26(38(60)61)9-4-6-14-40/h20-29,49-50H,3-19,39-41H2,1-2H3,(H,42,55)(H,43,56)(H,44,53)(H,45,54)(H,51,52)(H,60,61)/t20-,21-,22+,23+,24-,25-,26-,27-,28-,29-/m0/s1. The van der Waals surface area contributed by atoms with Crippen molar-refractivity contribution in [2.75, 3.05) is 32.7 Å². The van der Waals surface area contributed by atoms with Gasteiger partial charge in [-0.3, -0.25) is 38.4 Å². The van der Waals surface area contributed by atoms with Crippen LogP contribution in [-0.2, 0) is 43.2 Å². The fourth-order valence-electron chi connectivity index (χ4n) is 7.80. The number of carboxylic acid groups (broad SMARTS) is 2. The summed E-state index contributed by atoms with van der Waals surface area (Å²) in [5.41, 5.74) is 17.1. The Morgan fingerprint density at radius 1 is 0.623 bits per heavy atom. The van der Waals surface area contributed by atoms with Crippen molar-refractivity contribution >= 4 is 53.3 Å². The highest BCUT2D eigenvalue weighted by Gasteiger charge is 2.45. The van der Waals surface area contributed by atoms with Gasteiger partial charge in [0, 0.05) is 38.9 Å². The first-order valence-electron chi connectivity index (χ1n) is 20.9. The summed E-state index contributed by atoms with van der Waals surface area (Å²) in [6, 6.07) is -9.76. The molecule has 3 rings (SSSR count). The van der Waals surface area contributed by atoms with Gasteiger partial charge in [-0.15, -0.1) is 0 Å². The summed E-state index contributed by atoms with van der Waals surface area (Å²) in [6.07, 6.45) is -0.273. The van der Waals surface area contributed by atoms with E-state index in [0.717, 1.165) is 9.80 Å². The molecule has 0 spiro atoms. The number of nitrogens with one attached hydrogen (secondary N) is 4. The van der Waals surface area contributed by atoms with Gasteiger partial charge in [0.25, 0.3) is 0 Å². The van der Waals surface area contributed by atoms with Gasteiger partial charge < -0.3 is 73.6 Å². The molecular weight excluding hydrogens is 804 g/mol. The Morgan fingerprint density at radius 2 is 1.15 bits per heavy atom. The SMILES string of the molecule is C[C@H](NC(=O)[C@@H]1C[C@@H](O)CN1C(=O)[C@@H](N)CCCCN)C(=O)N[C@@H](CCC(=O)O)C(=O)N1C[C@H](O)C[C@H]1C(=O)N[C@@H](C)C(=O)N1CCC[C@H]1C(=O)N[C@@H](CCCCN)C(=O)O. The first-order valence-corrected chi connectivity index (χ1v) is 20.9. The molecule has 3 aliphatic heterocycles. The summed E-state index contributed by atoms with van der Waals surface area (Å²) in [5.74, 6) is -7.86. The number of aliphatic hydroxyl groups is 2. The van der Waals surface area contributed by atoms with Crippen LogP contribution in [0.25, 0.3) is 0 Å². The number of nitrogens with zero attached hydrogens (tertiary/aromatic N) is 3. The summed E-state index contributed by atoms with van der Waals surface area (Å²) < 4.78 is 0. The molecule has 61 heavy (non-hydrogen) atoms. The summed E-state index contributed by atoms with van der Waals surface area (Å²) in [5, 5.41) is 49.8. The van der Waals surface area contributed by atoms with Gasteiger partial charge in [-0.1, -0.05) is 6.42 Å². The summed E-state index contributed by atoms with van der Waals surface area (Å²) in [4.78, 5) is 121. The lowest BCUT2D eigenvalue weighted by Gasteiger charge is -2.31. The van der Waals surface area contributed by atoms with E-state index in [2.05, 4.69) is 21.3 Å². The maximum absolute atomic E-state index is 14.0. The molecule has 10 atom stereocenters. The van der Waals surface area contributed by atoms with Crippen molar-refractivity contribution in [3.8, 4) is 0 Å². The fourth-order valence-corrected chi connectivity index (χ4v) is 7.80. The Balaban J connectivity index is 1.67. The van der Waals surface area contributed by atoms with Gasteiger partial charge >= 0.3 is 11.9 Å². The number of carbonyl (C=O) groups excluding carboxylic acids is 7. The number of β-amino-alcohol motifs (C(OH)–C–C–N with tert-alkyl or cyclic N) is 2. The molecule has 0 saturated carbocycles. The first kappa shape index (κ1) is 50.4. The number of unbranched alkanes of at least 4 members (excludes halogenated alkanes) is 2. The van der Waals surface area contributed by atoms with Gasteiger partial charge in [-0.2, -0.15) is 0 Å². The zero-order chi connectivity index (χ0) is 45.6. The van der Waals surface area contributed by atoms with E-state index in [4.69, 9.17) is 17.2 Å². The van der Waals surface area contributed by atoms with Crippen LogP contribution in [0.15, 0.2) is 0 Å². The van der Waals surface area contributed by atoms with Crippen LogP contribution < -0.4 is 38.5 Å². The highest BCUT2D eigenvalue weighted by Crippen LogP contribution is 2.23. The van der Waals surface area contributed by atoms with Crippen LogP contribution in [0.5, 0.6) is 0 Å². The third kappa shape index (κ3) is 14.3.